The molecule has 0 bridgehead atoms. The van der Waals surface area contributed by atoms with Gasteiger partial charge in [0.15, 0.2) is 11.6 Å². The number of fused-ring (bicyclic) bond motifs is 3. The number of aryl methyl sites for hydroxylation is 3. The van der Waals surface area contributed by atoms with Crippen molar-refractivity contribution in [2.24, 2.45) is 0 Å². The molecule has 0 unspecified atom stereocenters. The van der Waals surface area contributed by atoms with E-state index in [9.17, 15) is 9.59 Å². The predicted octanol–water partition coefficient (Wildman–Crippen LogP) is 21.7. The van der Waals surface area contributed by atoms with Crippen molar-refractivity contribution in [1.29, 1.82) is 0 Å². The summed E-state index contributed by atoms with van der Waals surface area (Å²) in [4.78, 5) is 53.0. The number of aromatic nitrogens is 9. The number of nitrogens with zero attached hydrogens (tertiary/aromatic N) is 9. The SMILES string of the molecule is CC(=O)C=C(C)O.CC(=O)C=C(C)O.CC(C)(c1cccc(-c2cccc(-c3[c-]c(-c4[c-]cccc4)ccc3)n2)c1)c1ccccn1.Cc1[c-]c(-c2ccc3ccccc3n2)cc(C)c1.Cc1cc(-c2cccc(-c3cc4cccc(Cc5ccccn5)c4[n-]3)n2)[n-]n1.[Ir].[Ir].[Pt+2].[Pt+2].[c-]1ccccc1-c1ccc2ccccc2n1. The number of carbonyl (C=O) groups is 2. The Balaban J connectivity index is 0.000000201. The summed E-state index contributed by atoms with van der Waals surface area (Å²) >= 11 is 0. The summed E-state index contributed by atoms with van der Waals surface area (Å²) in [6, 6.07) is 107. The van der Waals surface area contributed by atoms with Crippen LogP contribution in [0.2, 0.25) is 0 Å². The van der Waals surface area contributed by atoms with Crippen LogP contribution in [0.1, 0.15) is 80.9 Å². The van der Waals surface area contributed by atoms with Crippen LogP contribution in [0.4, 0.5) is 0 Å². The summed E-state index contributed by atoms with van der Waals surface area (Å²) in [5.74, 6) is -0.125. The largest absolute Gasteiger partial charge is 2.00 e. The molecule has 2 radical (unpaired) electrons. The molecule has 13 nitrogen and oxygen atoms in total. The van der Waals surface area contributed by atoms with Crippen molar-refractivity contribution in [2.45, 2.75) is 74.1 Å². The maximum atomic E-state index is 10.0. The summed E-state index contributed by atoms with van der Waals surface area (Å²) in [5.41, 5.74) is 23.9. The number of hydrogen-bond acceptors (Lipinski definition) is 11. The summed E-state index contributed by atoms with van der Waals surface area (Å²) in [6.45, 7) is 16.2. The summed E-state index contributed by atoms with van der Waals surface area (Å²) in [7, 11) is 0. The molecule has 0 saturated carbocycles. The first-order valence-electron chi connectivity index (χ1n) is 35.6. The molecule has 0 aliphatic carbocycles. The Hall–Kier alpha value is -11.0. The summed E-state index contributed by atoms with van der Waals surface area (Å²) < 4.78 is 0. The van der Waals surface area contributed by atoms with Crippen molar-refractivity contribution in [3.63, 3.8) is 0 Å². The van der Waals surface area contributed by atoms with Crippen molar-refractivity contribution in [1.82, 2.24) is 45.1 Å². The number of carbonyl (C=O) groups excluding carboxylic acids is 2. The molecular weight excluding hydrogens is 2120 g/mol. The third kappa shape index (κ3) is 25.8. The third-order valence-corrected chi connectivity index (χ3v) is 17.1. The monoisotopic (exact) mass is 2200 g/mol. The van der Waals surface area contributed by atoms with Gasteiger partial charge in [-0.2, -0.15) is 42.0 Å². The van der Waals surface area contributed by atoms with Crippen LogP contribution in [0.3, 0.4) is 0 Å². The smallest absolute Gasteiger partial charge is 0.655 e. The van der Waals surface area contributed by atoms with Crippen LogP contribution < -0.4 is 10.1 Å². The van der Waals surface area contributed by atoms with E-state index in [0.717, 1.165) is 135 Å². The van der Waals surface area contributed by atoms with Crippen LogP contribution in [0.15, 0.2) is 315 Å². The normalized spacial score (nSPS) is 10.7. The molecule has 0 amide bonds. The molecule has 2 N–H and O–H groups in total. The van der Waals surface area contributed by atoms with Crippen LogP contribution >= 0.6 is 0 Å². The second-order valence-electron chi connectivity index (χ2n) is 26.5. The van der Waals surface area contributed by atoms with E-state index >= 15 is 0 Å². The van der Waals surface area contributed by atoms with Gasteiger partial charge in [0.2, 0.25) is 0 Å². The van der Waals surface area contributed by atoms with Gasteiger partial charge >= 0.3 is 42.1 Å². The Bertz CT molecular complexity index is 5770. The Morgan fingerprint density at radius 2 is 0.965 bits per heavy atom. The summed E-state index contributed by atoms with van der Waals surface area (Å²) in [6.07, 6.45) is 6.76. The van der Waals surface area contributed by atoms with Crippen LogP contribution in [0.25, 0.3) is 112 Å². The molecule has 0 fully saturated rings. The van der Waals surface area contributed by atoms with Gasteiger partial charge in [-0.1, -0.05) is 178 Å². The first kappa shape index (κ1) is 89.2. The summed E-state index contributed by atoms with van der Waals surface area (Å²) in [5, 5.41) is 28.4. The van der Waals surface area contributed by atoms with Crippen molar-refractivity contribution in [3.05, 3.63) is 379 Å². The van der Waals surface area contributed by atoms with E-state index in [2.05, 4.69) is 198 Å². The van der Waals surface area contributed by atoms with E-state index in [-0.39, 0.29) is 111 Å². The predicted molar refractivity (Wildman–Crippen MR) is 439 cm³/mol. The van der Waals surface area contributed by atoms with Gasteiger partial charge in [0.05, 0.1) is 39.6 Å². The van der Waals surface area contributed by atoms with Crippen LogP contribution in [-0.4, -0.2) is 56.8 Å². The second-order valence-corrected chi connectivity index (χ2v) is 26.5. The minimum Gasteiger partial charge on any atom is -0.655 e. The molecular formula is C96H81Ir2N9O4Pt2-2. The number of para-hydroxylation sites is 3. The maximum Gasteiger partial charge on any atom is 2.00 e. The van der Waals surface area contributed by atoms with Crippen LogP contribution in [-0.2, 0) is 104 Å². The van der Waals surface area contributed by atoms with Gasteiger partial charge in [0.25, 0.3) is 0 Å². The Morgan fingerprint density at radius 3 is 1.54 bits per heavy atom. The van der Waals surface area contributed by atoms with Crippen LogP contribution in [0, 0.1) is 45.0 Å². The van der Waals surface area contributed by atoms with Crippen LogP contribution in [0.5, 0.6) is 0 Å². The van der Waals surface area contributed by atoms with Gasteiger partial charge in [-0.05, 0) is 134 Å². The van der Waals surface area contributed by atoms with Gasteiger partial charge in [0.1, 0.15) is 0 Å². The number of allylic oxidation sites excluding steroid dienone is 4. The first-order valence-corrected chi connectivity index (χ1v) is 35.6. The number of aliphatic hydroxyl groups excluding tert-OH is 2. The van der Waals surface area contributed by atoms with Gasteiger partial charge in [-0.3, -0.25) is 39.5 Å². The van der Waals surface area contributed by atoms with E-state index in [0.29, 0.717) is 0 Å². The zero-order valence-electron chi connectivity index (χ0n) is 63.6. The van der Waals surface area contributed by atoms with Crippen molar-refractivity contribution < 1.29 is 102 Å². The molecule has 17 heteroatoms. The first-order chi connectivity index (χ1) is 52.8. The van der Waals surface area contributed by atoms with Gasteiger partial charge < -0.3 is 25.4 Å². The van der Waals surface area contributed by atoms with Crippen molar-refractivity contribution in [3.8, 4) is 78.9 Å². The molecule has 0 saturated heterocycles. The average molecular weight is 2200 g/mol. The molecule has 16 rings (SSSR count). The number of ketones is 2. The molecule has 113 heavy (non-hydrogen) atoms. The maximum absolute atomic E-state index is 10.0. The molecule has 574 valence electrons. The van der Waals surface area contributed by atoms with E-state index in [1.54, 1.807) is 0 Å². The molecule has 0 aliphatic heterocycles. The minimum atomic E-state index is -0.205. The second kappa shape index (κ2) is 43.7. The number of rotatable bonds is 13. The van der Waals surface area contributed by atoms with Crippen molar-refractivity contribution in [2.75, 3.05) is 0 Å². The molecule has 0 aliphatic rings. The quantitative estimate of drug-likeness (QED) is 0.0630. The van der Waals surface area contributed by atoms with Gasteiger partial charge in [-0.15, -0.1) is 106 Å². The minimum absolute atomic E-state index is 0. The average Bonchev–Trinajstić information content (AvgIpc) is 1.68. The topological polar surface area (TPSA) is 193 Å². The fourth-order valence-corrected chi connectivity index (χ4v) is 12.0. The van der Waals surface area contributed by atoms with Gasteiger partial charge in [-0.25, -0.2) is 5.56 Å². The standard InChI is InChI=1S/C31H24N2.C23H17N5.C17H14N.C15H10N.2C5H8O2.2Ir.2Pt/c1-31(2,30-19-6-7-20-32-30)27-16-9-15-26(22-27)29-18-10-17-28(33-29)25-14-8-13-24(21-25)23-11-4-3-5-12-23;1-15-12-22(28-27-15)20-10-5-9-19(25-20)21-14-17-7-4-6-16(23(17)26-21)13-18-8-2-3-11-24-18;1-12-9-13(2)11-15(10-12)17-8-7-14-5-3-4-6-16(14)18-17;1-2-6-12(7-3-1)15-11-10-13-8-4-5-9-14(13)16-15;2*1-4(6)3-5(2)7;;;;/h3-11,13-20,22H,1-2H3;2-12,14H,13H2,1H3;3-10H,1-2H3;1-6,8-11H;2*3,6H,1-2H3;;;;/q2*-2;2*-1;;;;;2*+2. The van der Waals surface area contributed by atoms with E-state index < -0.39 is 0 Å². The number of aliphatic hydroxyl groups is 2. The fourth-order valence-electron chi connectivity index (χ4n) is 12.0. The van der Waals surface area contributed by atoms with Crippen molar-refractivity contribution >= 4 is 44.3 Å². The van der Waals surface area contributed by atoms with E-state index in [4.69, 9.17) is 30.1 Å². The Labute approximate surface area is 717 Å². The molecule has 16 aromatic rings. The molecule has 8 aromatic heterocycles. The number of hydrogen-bond donors (Lipinski definition) is 2. The Kier molecular flexibility index (Phi) is 34.5. The molecule has 0 atom stereocenters. The fraction of sp³-hybridized carbons (Fsp3) is 0.115. The Morgan fingerprint density at radius 1 is 0.442 bits per heavy atom. The zero-order valence-corrected chi connectivity index (χ0v) is 72.9. The third-order valence-electron chi connectivity index (χ3n) is 17.1. The molecule has 8 heterocycles. The van der Waals surface area contributed by atoms with E-state index in [1.807, 2.05) is 177 Å². The van der Waals surface area contributed by atoms with E-state index in [1.165, 1.54) is 61.7 Å². The molecule has 0 spiro atoms. The number of pyridine rings is 6. The molecule has 8 aromatic carbocycles. The zero-order chi connectivity index (χ0) is 76.7. The van der Waals surface area contributed by atoms with Gasteiger partial charge in [0, 0.05) is 99.4 Å². The number of benzene rings is 8.